The summed E-state index contributed by atoms with van der Waals surface area (Å²) < 4.78 is 7.61. The Hall–Kier alpha value is -4.15. The summed E-state index contributed by atoms with van der Waals surface area (Å²) in [5, 5.41) is 8.07. The number of rotatable bonds is 11. The third-order valence-electron chi connectivity index (χ3n) is 7.49. The number of aromatic nitrogens is 4. The number of nitrogen functional groups attached to an aromatic ring is 1. The number of methoxy groups -OCH3 is 1. The maximum absolute atomic E-state index is 11.8. The summed E-state index contributed by atoms with van der Waals surface area (Å²) in [6.45, 7) is 5.81. The molecule has 1 aromatic carbocycles. The highest BCUT2D eigenvalue weighted by Gasteiger charge is 2.26. The van der Waals surface area contributed by atoms with Gasteiger partial charge in [-0.1, -0.05) is 19.4 Å². The van der Waals surface area contributed by atoms with Gasteiger partial charge in [0.25, 0.3) is 11.8 Å². The highest BCUT2D eigenvalue weighted by atomic mass is 16.5. The molecule has 0 radical (unpaired) electrons. The van der Waals surface area contributed by atoms with Gasteiger partial charge in [-0.2, -0.15) is 10.1 Å². The molecule has 0 saturated carbocycles. The number of nitrogens with two attached hydrogens (primary N) is 1. The smallest absolute Gasteiger partial charge is 0.253 e. The minimum Gasteiger partial charge on any atom is -0.496 e. The van der Waals surface area contributed by atoms with Gasteiger partial charge in [-0.3, -0.25) is 19.2 Å². The number of ether oxygens (including phenoxy) is 1. The first-order chi connectivity index (χ1) is 18.9. The molecule has 1 saturated heterocycles. The fraction of sp³-hybridized carbons (Fsp3) is 0.464. The predicted octanol–water partition coefficient (Wildman–Crippen LogP) is 3.21. The van der Waals surface area contributed by atoms with E-state index in [1.54, 1.807) is 7.11 Å². The van der Waals surface area contributed by atoms with E-state index in [0.717, 1.165) is 68.7 Å². The van der Waals surface area contributed by atoms with Crippen molar-refractivity contribution >= 4 is 40.3 Å². The Labute approximate surface area is 228 Å². The molecule has 4 heterocycles. The van der Waals surface area contributed by atoms with Crippen LogP contribution in [0.5, 0.6) is 5.75 Å². The Morgan fingerprint density at radius 1 is 1.13 bits per heavy atom. The lowest BCUT2D eigenvalue weighted by Crippen LogP contribution is -2.36. The van der Waals surface area contributed by atoms with Gasteiger partial charge >= 0.3 is 0 Å². The minimum atomic E-state index is -0.200. The van der Waals surface area contributed by atoms with Crippen LogP contribution in [0.2, 0.25) is 0 Å². The molecule has 1 fully saturated rings. The monoisotopic (exact) mass is 532 g/mol. The fourth-order valence-corrected chi connectivity index (χ4v) is 5.24. The van der Waals surface area contributed by atoms with Crippen LogP contribution in [-0.2, 0) is 16.1 Å². The Morgan fingerprint density at radius 2 is 1.90 bits per heavy atom. The quantitative estimate of drug-likeness (QED) is 0.282. The lowest BCUT2D eigenvalue weighted by Gasteiger charge is -2.34. The van der Waals surface area contributed by atoms with Gasteiger partial charge in [0.05, 0.1) is 19.9 Å². The molecule has 2 amide bonds. The molecule has 2 aromatic heterocycles. The van der Waals surface area contributed by atoms with Crippen LogP contribution in [-0.4, -0.2) is 69.8 Å². The van der Waals surface area contributed by atoms with Crippen LogP contribution in [0, 0.1) is 5.92 Å². The first-order valence-corrected chi connectivity index (χ1v) is 13.6. The number of anilines is 3. The third kappa shape index (κ3) is 5.97. The maximum Gasteiger partial charge on any atom is 0.253 e. The van der Waals surface area contributed by atoms with E-state index in [1.165, 1.54) is 17.1 Å². The lowest BCUT2D eigenvalue weighted by molar-refractivity contribution is -0.136. The second-order valence-electron chi connectivity index (χ2n) is 10.1. The standard InChI is InChI=1S/C28H36N8O3/c1-3-4-12-30-27-26-22(31-28(29)32-27)18-35(33-26)17-20-5-6-21(16-23(20)39-2)34-13-9-19(10-14-34)11-15-36-24(37)7-8-25(36)38/h5-8,16,18-19H,3-4,9-15,17H2,1-2H3,(H3,29,30,31,32). The summed E-state index contributed by atoms with van der Waals surface area (Å²) in [5.41, 5.74) is 9.47. The number of imide groups is 1. The van der Waals surface area contributed by atoms with Crippen molar-refractivity contribution in [3.05, 3.63) is 42.1 Å². The van der Waals surface area contributed by atoms with Gasteiger partial charge in [0.2, 0.25) is 5.95 Å². The topological polar surface area (TPSA) is 131 Å². The molecule has 206 valence electrons. The molecule has 0 spiro atoms. The summed E-state index contributed by atoms with van der Waals surface area (Å²) in [5.74, 6) is 1.78. The van der Waals surface area contributed by atoms with Gasteiger partial charge in [0.15, 0.2) is 11.3 Å². The molecule has 0 atom stereocenters. The van der Waals surface area contributed by atoms with Gasteiger partial charge in [-0.05, 0) is 37.7 Å². The molecule has 3 aromatic rings. The number of benzene rings is 1. The van der Waals surface area contributed by atoms with Crippen LogP contribution in [0.15, 0.2) is 36.5 Å². The van der Waals surface area contributed by atoms with Crippen molar-refractivity contribution in [2.24, 2.45) is 5.92 Å². The van der Waals surface area contributed by atoms with Crippen LogP contribution in [0.25, 0.3) is 11.0 Å². The fourth-order valence-electron chi connectivity index (χ4n) is 5.24. The third-order valence-corrected chi connectivity index (χ3v) is 7.49. The predicted molar refractivity (Wildman–Crippen MR) is 151 cm³/mol. The zero-order valence-electron chi connectivity index (χ0n) is 22.6. The SMILES string of the molecule is CCCCNc1nc(N)nc2cn(Cc3ccc(N4CCC(CCN5C(=O)C=CC5=O)CC4)cc3OC)nc12. The van der Waals surface area contributed by atoms with Crippen molar-refractivity contribution in [2.45, 2.75) is 45.6 Å². The van der Waals surface area contributed by atoms with Crippen molar-refractivity contribution < 1.29 is 14.3 Å². The van der Waals surface area contributed by atoms with E-state index in [4.69, 9.17) is 15.6 Å². The van der Waals surface area contributed by atoms with Gasteiger partial charge in [-0.15, -0.1) is 0 Å². The molecule has 39 heavy (non-hydrogen) atoms. The van der Waals surface area contributed by atoms with E-state index < -0.39 is 0 Å². The van der Waals surface area contributed by atoms with E-state index in [-0.39, 0.29) is 17.8 Å². The average Bonchev–Trinajstić information content (AvgIpc) is 3.49. The minimum absolute atomic E-state index is 0.200. The van der Waals surface area contributed by atoms with Crippen molar-refractivity contribution in [3.63, 3.8) is 0 Å². The van der Waals surface area contributed by atoms with E-state index in [0.29, 0.717) is 35.9 Å². The molecular formula is C28H36N8O3. The number of hydrogen-bond acceptors (Lipinski definition) is 9. The maximum atomic E-state index is 11.8. The zero-order valence-corrected chi connectivity index (χ0v) is 22.6. The van der Waals surface area contributed by atoms with E-state index in [9.17, 15) is 9.59 Å². The first kappa shape index (κ1) is 26.5. The molecule has 11 nitrogen and oxygen atoms in total. The summed E-state index contributed by atoms with van der Waals surface area (Å²) in [7, 11) is 1.69. The molecule has 2 aliphatic rings. The summed E-state index contributed by atoms with van der Waals surface area (Å²) in [6, 6.07) is 6.30. The molecule has 2 aliphatic heterocycles. The van der Waals surface area contributed by atoms with Crippen LogP contribution >= 0.6 is 0 Å². The molecule has 5 rings (SSSR count). The van der Waals surface area contributed by atoms with Crippen LogP contribution in [0.4, 0.5) is 17.5 Å². The highest BCUT2D eigenvalue weighted by molar-refractivity contribution is 6.12. The van der Waals surface area contributed by atoms with Crippen molar-refractivity contribution in [3.8, 4) is 5.75 Å². The van der Waals surface area contributed by atoms with Crippen LogP contribution in [0.3, 0.4) is 0 Å². The number of piperidine rings is 1. The van der Waals surface area contributed by atoms with Gasteiger partial charge in [0.1, 0.15) is 11.3 Å². The lowest BCUT2D eigenvalue weighted by atomic mass is 9.93. The number of hydrogen-bond donors (Lipinski definition) is 2. The number of nitrogens with one attached hydrogen (secondary N) is 1. The molecule has 3 N–H and O–H groups in total. The zero-order chi connectivity index (χ0) is 27.4. The summed E-state index contributed by atoms with van der Waals surface area (Å²) in [4.78, 5) is 36.0. The summed E-state index contributed by atoms with van der Waals surface area (Å²) >= 11 is 0. The van der Waals surface area contributed by atoms with Crippen molar-refractivity contribution in [2.75, 3.05) is 49.2 Å². The number of amides is 2. The average molecular weight is 533 g/mol. The second-order valence-corrected chi connectivity index (χ2v) is 10.1. The van der Waals surface area contributed by atoms with Gasteiger partial charge < -0.3 is 20.7 Å². The molecular weight excluding hydrogens is 496 g/mol. The normalized spacial score (nSPS) is 16.1. The summed E-state index contributed by atoms with van der Waals surface area (Å²) in [6.07, 6.45) is 9.59. The van der Waals surface area contributed by atoms with Gasteiger partial charge in [0, 0.05) is 55.6 Å². The Bertz CT molecular complexity index is 1360. The van der Waals surface area contributed by atoms with E-state index in [2.05, 4.69) is 45.3 Å². The largest absolute Gasteiger partial charge is 0.496 e. The second kappa shape index (κ2) is 11.7. The van der Waals surface area contributed by atoms with Crippen molar-refractivity contribution in [1.29, 1.82) is 0 Å². The number of unbranched alkanes of at least 4 members (excludes halogenated alkanes) is 1. The van der Waals surface area contributed by atoms with E-state index >= 15 is 0 Å². The molecule has 0 unspecified atom stereocenters. The highest BCUT2D eigenvalue weighted by Crippen LogP contribution is 2.31. The number of fused-ring (bicyclic) bond motifs is 1. The Morgan fingerprint density at radius 3 is 2.62 bits per heavy atom. The Balaban J connectivity index is 1.22. The number of nitrogens with zero attached hydrogens (tertiary/aromatic N) is 6. The first-order valence-electron chi connectivity index (χ1n) is 13.6. The number of carbonyl (C=O) groups is 2. The molecule has 11 heteroatoms. The van der Waals surface area contributed by atoms with Crippen LogP contribution < -0.4 is 20.7 Å². The number of carbonyl (C=O) groups excluding carboxylic acids is 2. The molecule has 0 aliphatic carbocycles. The molecule has 0 bridgehead atoms. The Kier molecular flexibility index (Phi) is 7.94. The van der Waals surface area contributed by atoms with Crippen LogP contribution in [0.1, 0.15) is 44.6 Å². The van der Waals surface area contributed by atoms with Gasteiger partial charge in [-0.25, -0.2) is 4.98 Å². The van der Waals surface area contributed by atoms with Crippen molar-refractivity contribution in [1.82, 2.24) is 24.6 Å². The van der Waals surface area contributed by atoms with E-state index in [1.807, 2.05) is 10.9 Å².